The number of nitrogens with one attached hydrogen (secondary N) is 2. The van der Waals surface area contributed by atoms with Gasteiger partial charge in [0, 0.05) is 31.4 Å². The van der Waals surface area contributed by atoms with Gasteiger partial charge >= 0.3 is 6.03 Å². The Kier molecular flexibility index (Phi) is 6.94. The lowest BCUT2D eigenvalue weighted by molar-refractivity contribution is 0.0297. The molecule has 0 radical (unpaired) electrons. The van der Waals surface area contributed by atoms with Crippen molar-refractivity contribution < 1.29 is 23.5 Å². The first kappa shape index (κ1) is 26.9. The number of ether oxygens (including phenoxy) is 2. The Morgan fingerprint density at radius 1 is 1.12 bits per heavy atom. The highest BCUT2D eigenvalue weighted by atomic mass is 19.1. The van der Waals surface area contributed by atoms with Crippen molar-refractivity contribution in [1.29, 1.82) is 0 Å². The quantitative estimate of drug-likeness (QED) is 0.472. The van der Waals surface area contributed by atoms with Crippen molar-refractivity contribution >= 4 is 29.4 Å². The van der Waals surface area contributed by atoms with Gasteiger partial charge in [-0.1, -0.05) is 12.1 Å². The lowest BCUT2D eigenvalue weighted by Crippen LogP contribution is -2.43. The van der Waals surface area contributed by atoms with Gasteiger partial charge in [-0.2, -0.15) is 4.98 Å². The van der Waals surface area contributed by atoms with E-state index in [1.54, 1.807) is 29.2 Å². The molecule has 2 atom stereocenters. The second-order valence-electron chi connectivity index (χ2n) is 11.1. The number of nitrogens with zero attached hydrogens (tertiary/aromatic N) is 5. The fourth-order valence-corrected chi connectivity index (χ4v) is 5.53. The highest BCUT2D eigenvalue weighted by Gasteiger charge is 2.39. The number of likely N-dealkylation sites (N-methyl/N-ethyl adjacent to an activating group) is 1. The van der Waals surface area contributed by atoms with Crippen LogP contribution in [0.25, 0.3) is 11.3 Å². The first-order valence-electron chi connectivity index (χ1n) is 13.8. The average Bonchev–Trinajstić information content (AvgIpc) is 3.24. The number of hydrogen-bond donors (Lipinski definition) is 2. The van der Waals surface area contributed by atoms with Crippen molar-refractivity contribution in [3.05, 3.63) is 54.0 Å². The Labute approximate surface area is 237 Å². The van der Waals surface area contributed by atoms with E-state index in [0.29, 0.717) is 43.5 Å². The van der Waals surface area contributed by atoms with Gasteiger partial charge in [-0.05, 0) is 57.9 Å². The summed E-state index contributed by atoms with van der Waals surface area (Å²) in [6, 6.07) is 8.75. The number of aromatic nitrogens is 3. The predicted octanol–water partition coefficient (Wildman–Crippen LogP) is 4.32. The van der Waals surface area contributed by atoms with Crippen LogP contribution in [0.2, 0.25) is 0 Å². The van der Waals surface area contributed by atoms with Gasteiger partial charge in [0.2, 0.25) is 11.8 Å². The lowest BCUT2D eigenvalue weighted by Gasteiger charge is -2.33. The fourth-order valence-electron chi connectivity index (χ4n) is 5.53. The first-order chi connectivity index (χ1) is 19.7. The number of rotatable bonds is 5. The second kappa shape index (κ2) is 10.6. The third-order valence-corrected chi connectivity index (χ3v) is 7.42. The van der Waals surface area contributed by atoms with Crippen LogP contribution in [0.4, 0.5) is 26.6 Å². The Morgan fingerprint density at radius 3 is 2.59 bits per heavy atom. The third kappa shape index (κ3) is 5.51. The maximum absolute atomic E-state index is 15.4. The van der Waals surface area contributed by atoms with Gasteiger partial charge < -0.3 is 24.6 Å². The van der Waals surface area contributed by atoms with E-state index in [1.807, 2.05) is 25.7 Å². The molecule has 1 aromatic carbocycles. The maximum atomic E-state index is 15.4. The zero-order chi connectivity index (χ0) is 28.7. The van der Waals surface area contributed by atoms with Crippen LogP contribution in [0.15, 0.2) is 42.6 Å². The molecule has 12 heteroatoms. The van der Waals surface area contributed by atoms with Crippen molar-refractivity contribution in [2.45, 2.75) is 51.4 Å². The molecule has 3 aliphatic rings. The van der Waals surface area contributed by atoms with Gasteiger partial charge in [0.05, 0.1) is 30.1 Å². The van der Waals surface area contributed by atoms with E-state index in [-0.39, 0.29) is 40.9 Å². The standard InChI is InChI=1S/C29H32FN7O4/c1-4-36-16-29(2,3)41-25-23(26(36)38)24(34-27(35-25)37-14-18-9-10-19(15-37)40-18)17-8-11-21(20(30)13-17)32-28(39)33-22-7-5-6-12-31-22/h5-8,11-13,18-19H,4,9-10,14-16H2,1-3H3,(H2,31,32,33,39)/t18-,19?/m1/s1. The number of halogens is 1. The summed E-state index contributed by atoms with van der Waals surface area (Å²) in [5.74, 6) is -0.0608. The number of fused-ring (bicyclic) bond motifs is 3. The Morgan fingerprint density at radius 2 is 1.90 bits per heavy atom. The molecule has 214 valence electrons. The molecule has 2 N–H and O–H groups in total. The molecule has 3 amide bonds. The van der Waals surface area contributed by atoms with Crippen molar-refractivity contribution in [2.24, 2.45) is 0 Å². The van der Waals surface area contributed by atoms with E-state index >= 15 is 4.39 Å². The van der Waals surface area contributed by atoms with Gasteiger partial charge in [-0.3, -0.25) is 10.1 Å². The zero-order valence-corrected chi connectivity index (χ0v) is 23.2. The molecule has 0 aliphatic carbocycles. The van der Waals surface area contributed by atoms with Crippen molar-refractivity contribution in [2.75, 3.05) is 41.7 Å². The van der Waals surface area contributed by atoms with E-state index in [0.717, 1.165) is 12.8 Å². The smallest absolute Gasteiger partial charge is 0.324 e. The highest BCUT2D eigenvalue weighted by Crippen LogP contribution is 2.38. The van der Waals surface area contributed by atoms with Crippen LogP contribution < -0.4 is 20.3 Å². The van der Waals surface area contributed by atoms with E-state index in [9.17, 15) is 9.59 Å². The minimum atomic E-state index is -0.705. The number of urea groups is 1. The number of benzene rings is 1. The molecule has 2 aromatic heterocycles. The van der Waals surface area contributed by atoms with Gasteiger partial charge in [0.25, 0.3) is 5.91 Å². The van der Waals surface area contributed by atoms with Crippen LogP contribution in [0, 0.1) is 5.82 Å². The molecule has 2 saturated heterocycles. The van der Waals surface area contributed by atoms with Gasteiger partial charge in [-0.15, -0.1) is 0 Å². The number of anilines is 3. The molecule has 2 bridgehead atoms. The molecular formula is C29H32FN7O4. The molecular weight excluding hydrogens is 529 g/mol. The van der Waals surface area contributed by atoms with E-state index in [2.05, 4.69) is 15.6 Å². The Balaban J connectivity index is 1.38. The number of morpholine rings is 1. The van der Waals surface area contributed by atoms with Crippen LogP contribution in [-0.4, -0.2) is 75.8 Å². The third-order valence-electron chi connectivity index (χ3n) is 7.42. The normalized spacial score (nSPS) is 21.1. The van der Waals surface area contributed by atoms with Gasteiger partial charge in [-0.25, -0.2) is 19.2 Å². The number of amides is 3. The highest BCUT2D eigenvalue weighted by molar-refractivity contribution is 6.03. The molecule has 3 aromatic rings. The minimum Gasteiger partial charge on any atom is -0.469 e. The molecule has 3 aliphatic heterocycles. The number of carbonyl (C=O) groups is 2. The Bertz CT molecular complexity index is 1470. The van der Waals surface area contributed by atoms with Crippen LogP contribution in [0.1, 0.15) is 44.0 Å². The maximum Gasteiger partial charge on any atom is 0.324 e. The molecule has 11 nitrogen and oxygen atoms in total. The van der Waals surface area contributed by atoms with E-state index in [1.165, 1.54) is 18.3 Å². The first-order valence-corrected chi connectivity index (χ1v) is 13.8. The molecule has 5 heterocycles. The SMILES string of the molecule is CCN1CC(C)(C)Oc2nc(N3CC4CC[C@H](C3)O4)nc(-c3ccc(NC(=O)Nc4ccccn4)c(F)c3)c2C1=O. The molecule has 2 fully saturated rings. The molecule has 0 saturated carbocycles. The second-order valence-corrected chi connectivity index (χ2v) is 11.1. The van der Waals surface area contributed by atoms with Crippen molar-refractivity contribution in [3.8, 4) is 17.1 Å². The summed E-state index contributed by atoms with van der Waals surface area (Å²) in [5, 5.41) is 5.07. The average molecular weight is 562 g/mol. The van der Waals surface area contributed by atoms with Gasteiger partial charge in [0.1, 0.15) is 22.8 Å². The van der Waals surface area contributed by atoms with E-state index < -0.39 is 17.4 Å². The van der Waals surface area contributed by atoms with Crippen molar-refractivity contribution in [3.63, 3.8) is 0 Å². The van der Waals surface area contributed by atoms with Crippen molar-refractivity contribution in [1.82, 2.24) is 19.9 Å². The summed E-state index contributed by atoms with van der Waals surface area (Å²) in [4.78, 5) is 43.6. The minimum absolute atomic E-state index is 0.0359. The molecule has 41 heavy (non-hydrogen) atoms. The van der Waals surface area contributed by atoms with Crippen LogP contribution in [0.3, 0.4) is 0 Å². The van der Waals surface area contributed by atoms with Gasteiger partial charge in [0.15, 0.2) is 0 Å². The summed E-state index contributed by atoms with van der Waals surface area (Å²) < 4.78 is 27.7. The summed E-state index contributed by atoms with van der Waals surface area (Å²) in [6.07, 6.45) is 3.67. The lowest BCUT2D eigenvalue weighted by atomic mass is 10.0. The largest absolute Gasteiger partial charge is 0.469 e. The van der Waals surface area contributed by atoms with E-state index in [4.69, 9.17) is 19.4 Å². The monoisotopic (exact) mass is 561 g/mol. The summed E-state index contributed by atoms with van der Waals surface area (Å²) in [7, 11) is 0. The zero-order valence-electron chi connectivity index (χ0n) is 23.2. The number of carbonyl (C=O) groups excluding carboxylic acids is 2. The number of pyridine rings is 1. The van der Waals surface area contributed by atoms with Crippen LogP contribution in [0.5, 0.6) is 5.88 Å². The molecule has 6 rings (SSSR count). The molecule has 1 unspecified atom stereocenters. The predicted molar refractivity (Wildman–Crippen MR) is 151 cm³/mol. The topological polar surface area (TPSA) is 122 Å². The summed E-state index contributed by atoms with van der Waals surface area (Å²) >= 11 is 0. The summed E-state index contributed by atoms with van der Waals surface area (Å²) in [6.45, 7) is 7.77. The summed E-state index contributed by atoms with van der Waals surface area (Å²) in [5.41, 5.74) is 0.0798. The fraction of sp³-hybridized carbons (Fsp3) is 0.414. The number of hydrogen-bond acceptors (Lipinski definition) is 8. The van der Waals surface area contributed by atoms with Crippen LogP contribution >= 0.6 is 0 Å². The Hall–Kier alpha value is -4.32. The van der Waals surface area contributed by atoms with Crippen LogP contribution in [-0.2, 0) is 4.74 Å². The molecule has 0 spiro atoms.